The van der Waals surface area contributed by atoms with Crippen LogP contribution in [0.1, 0.15) is 25.8 Å². The van der Waals surface area contributed by atoms with Gasteiger partial charge in [-0.1, -0.05) is 32.0 Å². The summed E-state index contributed by atoms with van der Waals surface area (Å²) in [7, 11) is 0. The molecule has 0 saturated carbocycles. The second-order valence-corrected chi connectivity index (χ2v) is 5.63. The minimum Gasteiger partial charge on any atom is -0.271 e. The van der Waals surface area contributed by atoms with E-state index in [1.165, 1.54) is 10.5 Å². The molecule has 0 saturated heterocycles. The highest BCUT2D eigenvalue weighted by Gasteiger charge is 2.09. The molecule has 0 radical (unpaired) electrons. The van der Waals surface area contributed by atoms with Crippen LogP contribution in [0.2, 0.25) is 0 Å². The van der Waals surface area contributed by atoms with Crippen LogP contribution >= 0.6 is 11.8 Å². The van der Waals surface area contributed by atoms with Gasteiger partial charge in [-0.05, 0) is 30.9 Å². The lowest BCUT2D eigenvalue weighted by Crippen LogP contribution is -2.37. The lowest BCUT2D eigenvalue weighted by Gasteiger charge is -2.17. The number of rotatable bonds is 6. The van der Waals surface area contributed by atoms with Gasteiger partial charge in [0.15, 0.2) is 0 Å². The summed E-state index contributed by atoms with van der Waals surface area (Å²) in [6.45, 7) is 6.60. The van der Waals surface area contributed by atoms with Crippen LogP contribution in [-0.2, 0) is 0 Å². The van der Waals surface area contributed by atoms with Crippen molar-refractivity contribution in [2.45, 2.75) is 38.1 Å². The smallest absolute Gasteiger partial charge is 0.0307 e. The molecule has 0 spiro atoms. The minimum atomic E-state index is 0.393. The predicted molar refractivity (Wildman–Crippen MR) is 72.5 cm³/mol. The van der Waals surface area contributed by atoms with Crippen molar-refractivity contribution in [3.8, 4) is 0 Å². The largest absolute Gasteiger partial charge is 0.271 e. The molecule has 0 aliphatic carbocycles. The Morgan fingerprint density at radius 2 is 2.00 bits per heavy atom. The molecule has 1 rings (SSSR count). The van der Waals surface area contributed by atoms with Crippen LogP contribution in [0.5, 0.6) is 0 Å². The number of benzene rings is 1. The predicted octanol–water partition coefficient (Wildman–Crippen LogP) is 2.97. The molecule has 0 aliphatic heterocycles. The summed E-state index contributed by atoms with van der Waals surface area (Å²) in [4.78, 5) is 1.35. The maximum absolute atomic E-state index is 5.56. The topological polar surface area (TPSA) is 38.0 Å². The highest BCUT2D eigenvalue weighted by Crippen LogP contribution is 2.23. The molecule has 1 aromatic rings. The van der Waals surface area contributed by atoms with E-state index in [1.807, 2.05) is 11.8 Å². The van der Waals surface area contributed by atoms with Crippen LogP contribution < -0.4 is 11.3 Å². The van der Waals surface area contributed by atoms with Gasteiger partial charge in [-0.2, -0.15) is 0 Å². The standard InChI is InChI=1S/C13H22N2S/c1-10(2)8-12(15-14)9-16-13-7-5-4-6-11(13)3/h4-7,10,12,15H,8-9,14H2,1-3H3. The third-order valence-electron chi connectivity index (χ3n) is 2.53. The van der Waals surface area contributed by atoms with Crippen LogP contribution in [-0.4, -0.2) is 11.8 Å². The van der Waals surface area contributed by atoms with Gasteiger partial charge in [-0.3, -0.25) is 11.3 Å². The summed E-state index contributed by atoms with van der Waals surface area (Å²) < 4.78 is 0. The van der Waals surface area contributed by atoms with Crippen LogP contribution in [0, 0.1) is 12.8 Å². The average molecular weight is 238 g/mol. The van der Waals surface area contributed by atoms with E-state index in [0.717, 1.165) is 12.2 Å². The number of nitrogens with one attached hydrogen (secondary N) is 1. The third kappa shape index (κ3) is 4.56. The Morgan fingerprint density at radius 1 is 1.31 bits per heavy atom. The maximum Gasteiger partial charge on any atom is 0.0307 e. The lowest BCUT2D eigenvalue weighted by atomic mass is 10.1. The van der Waals surface area contributed by atoms with Gasteiger partial charge in [0.25, 0.3) is 0 Å². The van der Waals surface area contributed by atoms with Gasteiger partial charge in [0.1, 0.15) is 0 Å². The molecule has 3 heteroatoms. The zero-order chi connectivity index (χ0) is 12.0. The summed E-state index contributed by atoms with van der Waals surface area (Å²) in [6.07, 6.45) is 1.12. The third-order valence-corrected chi connectivity index (χ3v) is 3.86. The van der Waals surface area contributed by atoms with Gasteiger partial charge in [0.2, 0.25) is 0 Å². The second kappa shape index (κ2) is 6.94. The van der Waals surface area contributed by atoms with Crippen LogP contribution in [0.3, 0.4) is 0 Å². The van der Waals surface area contributed by atoms with Crippen molar-refractivity contribution in [3.63, 3.8) is 0 Å². The Balaban J connectivity index is 2.46. The van der Waals surface area contributed by atoms with Crippen molar-refractivity contribution < 1.29 is 0 Å². The minimum absolute atomic E-state index is 0.393. The Labute approximate surface area is 103 Å². The van der Waals surface area contributed by atoms with Gasteiger partial charge in [0, 0.05) is 16.7 Å². The van der Waals surface area contributed by atoms with Gasteiger partial charge in [0.05, 0.1) is 0 Å². The molecule has 16 heavy (non-hydrogen) atoms. The first kappa shape index (κ1) is 13.6. The molecule has 0 fully saturated rings. The summed E-state index contributed by atoms with van der Waals surface area (Å²) in [5.41, 5.74) is 4.24. The van der Waals surface area contributed by atoms with Gasteiger partial charge < -0.3 is 0 Å². The molecular formula is C13H22N2S. The molecule has 0 aliphatic rings. The van der Waals surface area contributed by atoms with E-state index in [4.69, 9.17) is 5.84 Å². The van der Waals surface area contributed by atoms with Gasteiger partial charge >= 0.3 is 0 Å². The van der Waals surface area contributed by atoms with Crippen molar-refractivity contribution >= 4 is 11.8 Å². The normalized spacial score (nSPS) is 13.1. The van der Waals surface area contributed by atoms with E-state index in [2.05, 4.69) is 50.5 Å². The van der Waals surface area contributed by atoms with Crippen LogP contribution in [0.25, 0.3) is 0 Å². The fraction of sp³-hybridized carbons (Fsp3) is 0.538. The molecule has 0 bridgehead atoms. The number of nitrogens with two attached hydrogens (primary N) is 1. The summed E-state index contributed by atoms with van der Waals surface area (Å²) in [6, 6.07) is 8.87. The molecule has 90 valence electrons. The maximum atomic E-state index is 5.56. The van der Waals surface area contributed by atoms with Gasteiger partial charge in [-0.15, -0.1) is 11.8 Å². The number of hydrazine groups is 1. The monoisotopic (exact) mass is 238 g/mol. The van der Waals surface area contributed by atoms with Gasteiger partial charge in [-0.25, -0.2) is 0 Å². The number of hydrogen-bond acceptors (Lipinski definition) is 3. The van der Waals surface area contributed by atoms with E-state index in [9.17, 15) is 0 Å². The summed E-state index contributed by atoms with van der Waals surface area (Å²) in [5, 5.41) is 0. The van der Waals surface area contributed by atoms with Crippen molar-refractivity contribution in [2.24, 2.45) is 11.8 Å². The molecule has 2 nitrogen and oxygen atoms in total. The van der Waals surface area contributed by atoms with Crippen molar-refractivity contribution in [1.82, 2.24) is 5.43 Å². The zero-order valence-electron chi connectivity index (χ0n) is 10.4. The quantitative estimate of drug-likeness (QED) is 0.454. The molecular weight excluding hydrogens is 216 g/mol. The van der Waals surface area contributed by atoms with E-state index in [0.29, 0.717) is 12.0 Å². The average Bonchev–Trinajstić information content (AvgIpc) is 2.25. The van der Waals surface area contributed by atoms with Crippen LogP contribution in [0.4, 0.5) is 0 Å². The molecule has 1 aromatic carbocycles. The highest BCUT2D eigenvalue weighted by molar-refractivity contribution is 7.99. The Morgan fingerprint density at radius 3 is 2.56 bits per heavy atom. The molecule has 0 heterocycles. The van der Waals surface area contributed by atoms with E-state index < -0.39 is 0 Å². The summed E-state index contributed by atoms with van der Waals surface area (Å²) in [5.74, 6) is 7.27. The van der Waals surface area contributed by atoms with Crippen LogP contribution in [0.15, 0.2) is 29.2 Å². The van der Waals surface area contributed by atoms with Crippen molar-refractivity contribution in [3.05, 3.63) is 29.8 Å². The fourth-order valence-corrected chi connectivity index (χ4v) is 2.75. The summed E-state index contributed by atoms with van der Waals surface area (Å²) >= 11 is 1.88. The Kier molecular flexibility index (Phi) is 5.88. The molecule has 0 aromatic heterocycles. The second-order valence-electron chi connectivity index (χ2n) is 4.57. The highest BCUT2D eigenvalue weighted by atomic mass is 32.2. The first-order valence-corrected chi connectivity index (χ1v) is 6.76. The van der Waals surface area contributed by atoms with Crippen molar-refractivity contribution in [2.75, 3.05) is 5.75 Å². The lowest BCUT2D eigenvalue weighted by molar-refractivity contribution is 0.456. The number of thioether (sulfide) groups is 1. The van der Waals surface area contributed by atoms with E-state index >= 15 is 0 Å². The van der Waals surface area contributed by atoms with E-state index in [1.54, 1.807) is 0 Å². The molecule has 1 unspecified atom stereocenters. The first-order valence-electron chi connectivity index (χ1n) is 5.78. The first-order chi connectivity index (χ1) is 7.63. The zero-order valence-corrected chi connectivity index (χ0v) is 11.2. The number of aryl methyl sites for hydroxylation is 1. The molecule has 3 N–H and O–H groups in total. The van der Waals surface area contributed by atoms with Crippen molar-refractivity contribution in [1.29, 1.82) is 0 Å². The fourth-order valence-electron chi connectivity index (χ4n) is 1.66. The Bertz CT molecular complexity index is 313. The molecule has 1 atom stereocenters. The Hall–Kier alpha value is -0.510. The van der Waals surface area contributed by atoms with E-state index in [-0.39, 0.29) is 0 Å². The SMILES string of the molecule is Cc1ccccc1SCC(CC(C)C)NN. The molecule has 0 amide bonds. The number of hydrogen-bond donors (Lipinski definition) is 2.